The third-order valence-electron chi connectivity index (χ3n) is 8.14. The summed E-state index contributed by atoms with van der Waals surface area (Å²) in [5, 5.41) is 0. The lowest BCUT2D eigenvalue weighted by molar-refractivity contribution is 0.0975. The van der Waals surface area contributed by atoms with E-state index in [9.17, 15) is 9.59 Å². The van der Waals surface area contributed by atoms with Crippen LogP contribution >= 0.6 is 23.5 Å². The Morgan fingerprint density at radius 1 is 0.479 bits per heavy atom. The largest absolute Gasteiger partial charge is 0.301 e. The lowest BCUT2D eigenvalue weighted by Crippen LogP contribution is -2.34. The summed E-state index contributed by atoms with van der Waals surface area (Å²) in [5.41, 5.74) is 6.45. The molecule has 0 saturated heterocycles. The highest BCUT2D eigenvalue weighted by atomic mass is 32.2. The molecule has 1 aliphatic heterocycles. The van der Waals surface area contributed by atoms with Gasteiger partial charge in [0.15, 0.2) is 0 Å². The Balaban J connectivity index is 1.36. The Hall–Kier alpha value is -5.11. The minimum Gasteiger partial charge on any atom is -0.301 e. The lowest BCUT2D eigenvalue weighted by Gasteiger charge is -2.27. The van der Waals surface area contributed by atoms with Gasteiger partial charge in [0.25, 0.3) is 11.8 Å². The molecule has 0 saturated carbocycles. The predicted octanol–water partition coefficient (Wildman–Crippen LogP) is 9.67. The summed E-state index contributed by atoms with van der Waals surface area (Å²) in [6.07, 6.45) is 0. The van der Waals surface area contributed by atoms with Crippen LogP contribution in [0.1, 0.15) is 43.2 Å². The number of rotatable bonds is 4. The number of nitrogens with zero attached hydrogens (tertiary/aromatic N) is 3. The number of pyridine rings is 1. The first-order chi connectivity index (χ1) is 23.6. The molecule has 0 aliphatic carbocycles. The van der Waals surface area contributed by atoms with Crippen molar-refractivity contribution in [2.75, 3.05) is 9.80 Å². The van der Waals surface area contributed by atoms with Crippen LogP contribution in [0.4, 0.5) is 11.4 Å². The molecule has 7 heteroatoms. The summed E-state index contributed by atoms with van der Waals surface area (Å²) in [4.78, 5) is 39.3. The molecule has 0 atom stereocenters. The molecule has 1 aromatic heterocycles. The van der Waals surface area contributed by atoms with Crippen molar-refractivity contribution in [3.05, 3.63) is 185 Å². The highest BCUT2D eigenvalue weighted by Crippen LogP contribution is 2.37. The molecule has 2 heterocycles. The van der Waals surface area contributed by atoms with Gasteiger partial charge >= 0.3 is 0 Å². The van der Waals surface area contributed by atoms with E-state index in [0.29, 0.717) is 13.1 Å². The van der Waals surface area contributed by atoms with Gasteiger partial charge in [-0.05, 0) is 58.7 Å². The summed E-state index contributed by atoms with van der Waals surface area (Å²) in [5.74, 6) is 0.976. The zero-order valence-electron chi connectivity index (χ0n) is 26.2. The van der Waals surface area contributed by atoms with Gasteiger partial charge in [-0.2, -0.15) is 0 Å². The van der Waals surface area contributed by atoms with Crippen LogP contribution in [0.2, 0.25) is 0 Å². The highest BCUT2D eigenvalue weighted by Gasteiger charge is 2.26. The summed E-state index contributed by atoms with van der Waals surface area (Å²) in [7, 11) is 0. The van der Waals surface area contributed by atoms with Gasteiger partial charge in [-0.15, -0.1) is 23.5 Å². The van der Waals surface area contributed by atoms with Gasteiger partial charge in [0.05, 0.1) is 24.5 Å². The molecule has 0 fully saturated rings. The fourth-order valence-electron chi connectivity index (χ4n) is 5.75. The van der Waals surface area contributed by atoms with Crippen LogP contribution < -0.4 is 9.80 Å². The lowest BCUT2D eigenvalue weighted by atomic mass is 10.1. The van der Waals surface area contributed by atoms with Crippen LogP contribution in [0.5, 0.6) is 0 Å². The zero-order chi connectivity index (χ0) is 32.7. The molecule has 236 valence electrons. The third-order valence-corrected chi connectivity index (χ3v) is 10.4. The number of fused-ring (bicyclic) bond motifs is 6. The van der Waals surface area contributed by atoms with E-state index in [1.807, 2.05) is 97.1 Å². The Kier molecular flexibility index (Phi) is 9.68. The summed E-state index contributed by atoms with van der Waals surface area (Å²) >= 11 is 3.42. The molecule has 1 aliphatic rings. The van der Waals surface area contributed by atoms with Crippen LogP contribution in [0, 0.1) is 0 Å². The van der Waals surface area contributed by atoms with Crippen molar-refractivity contribution in [1.82, 2.24) is 4.98 Å². The summed E-state index contributed by atoms with van der Waals surface area (Å²) in [6.45, 7) is 0.717. The second-order valence-corrected chi connectivity index (χ2v) is 13.5. The normalized spacial score (nSPS) is 13.7. The number of hydrogen-bond donors (Lipinski definition) is 0. The first kappa shape index (κ1) is 31.5. The molecule has 0 unspecified atom stereocenters. The monoisotopic (exact) mass is 663 g/mol. The second kappa shape index (κ2) is 14.8. The van der Waals surface area contributed by atoms with Crippen LogP contribution in [0.15, 0.2) is 161 Å². The molecule has 5 nitrogen and oxygen atoms in total. The molecule has 5 aromatic carbocycles. The van der Waals surface area contributed by atoms with Gasteiger partial charge < -0.3 is 9.80 Å². The number of hydrogen-bond acceptors (Lipinski definition) is 5. The topological polar surface area (TPSA) is 53.5 Å². The Labute approximate surface area is 289 Å². The number of carbonyl (C=O) groups excluding carboxylic acids is 2. The molecule has 2 amide bonds. The van der Waals surface area contributed by atoms with E-state index in [0.717, 1.165) is 43.8 Å². The Bertz CT molecular complexity index is 1910. The smallest absolute Gasteiger partial charge is 0.277 e. The molecule has 0 radical (unpaired) electrons. The highest BCUT2D eigenvalue weighted by molar-refractivity contribution is 7.99. The number of aromatic nitrogens is 1. The van der Waals surface area contributed by atoms with E-state index < -0.39 is 0 Å². The van der Waals surface area contributed by atoms with Crippen molar-refractivity contribution in [2.45, 2.75) is 34.4 Å². The minimum atomic E-state index is -0.268. The van der Waals surface area contributed by atoms with Crippen molar-refractivity contribution in [3.63, 3.8) is 0 Å². The third kappa shape index (κ3) is 7.23. The summed E-state index contributed by atoms with van der Waals surface area (Å²) < 4.78 is 0. The van der Waals surface area contributed by atoms with Crippen LogP contribution in [-0.2, 0) is 24.6 Å². The molecular weight excluding hydrogens is 631 g/mol. The van der Waals surface area contributed by atoms with Gasteiger partial charge in [-0.25, -0.2) is 4.98 Å². The Morgan fingerprint density at radius 3 is 1.38 bits per heavy atom. The first-order valence-corrected chi connectivity index (χ1v) is 17.8. The number of amides is 2. The number of para-hydroxylation sites is 2. The SMILES string of the molecule is O=C1c2cccc(n2)C(=O)N(Cc2ccccc2)c2ccccc2SCc2cccc(c2)CSc2ccccc2N1Cc1ccccc1. The van der Waals surface area contributed by atoms with E-state index in [2.05, 4.69) is 36.4 Å². The molecule has 0 N–H and O–H groups in total. The van der Waals surface area contributed by atoms with E-state index >= 15 is 0 Å². The van der Waals surface area contributed by atoms with Gasteiger partial charge in [0.1, 0.15) is 11.4 Å². The first-order valence-electron chi connectivity index (χ1n) is 15.8. The van der Waals surface area contributed by atoms with Gasteiger partial charge in [-0.1, -0.05) is 115 Å². The quantitative estimate of drug-likeness (QED) is 0.188. The van der Waals surface area contributed by atoms with Crippen molar-refractivity contribution in [3.8, 4) is 0 Å². The van der Waals surface area contributed by atoms with E-state index in [-0.39, 0.29) is 23.2 Å². The van der Waals surface area contributed by atoms with Crippen molar-refractivity contribution in [1.29, 1.82) is 0 Å². The molecular formula is C41H33N3O2S2. The van der Waals surface area contributed by atoms with E-state index in [1.165, 1.54) is 11.1 Å². The maximum Gasteiger partial charge on any atom is 0.277 e. The van der Waals surface area contributed by atoms with E-state index in [1.54, 1.807) is 51.5 Å². The average Bonchev–Trinajstić information content (AvgIpc) is 3.15. The van der Waals surface area contributed by atoms with Crippen molar-refractivity contribution < 1.29 is 9.59 Å². The zero-order valence-corrected chi connectivity index (χ0v) is 27.9. The van der Waals surface area contributed by atoms with Gasteiger partial charge in [0, 0.05) is 21.3 Å². The summed E-state index contributed by atoms with van der Waals surface area (Å²) in [6, 6.07) is 49.8. The average molecular weight is 664 g/mol. The van der Waals surface area contributed by atoms with Gasteiger partial charge in [-0.3, -0.25) is 9.59 Å². The molecule has 48 heavy (non-hydrogen) atoms. The fraction of sp³-hybridized carbons (Fsp3) is 0.0976. The standard InChI is InChI=1S/C41H33N3O2S2/c45-40-34-19-12-20-35(42-34)41(46)44(27-31-15-5-2-6-16-31)37-22-8-10-24-39(37)48-29-33-18-11-17-32(25-33)28-47-38-23-9-7-21-36(38)43(40)26-30-13-3-1-4-14-30/h1-25H,26-29H2. The minimum absolute atomic E-state index is 0.215. The number of carbonyl (C=O) groups is 2. The van der Waals surface area contributed by atoms with Crippen LogP contribution in [-0.4, -0.2) is 16.8 Å². The van der Waals surface area contributed by atoms with Crippen molar-refractivity contribution in [2.24, 2.45) is 0 Å². The molecule has 0 spiro atoms. The number of anilines is 2. The number of benzene rings is 5. The van der Waals surface area contributed by atoms with Gasteiger partial charge in [0.2, 0.25) is 0 Å². The second-order valence-electron chi connectivity index (χ2n) is 11.5. The van der Waals surface area contributed by atoms with Crippen LogP contribution in [0.3, 0.4) is 0 Å². The molecule has 4 bridgehead atoms. The fourth-order valence-corrected chi connectivity index (χ4v) is 7.76. The maximum absolute atomic E-state index is 14.5. The predicted molar refractivity (Wildman–Crippen MR) is 197 cm³/mol. The van der Waals surface area contributed by atoms with Crippen molar-refractivity contribution >= 4 is 46.7 Å². The van der Waals surface area contributed by atoms with E-state index in [4.69, 9.17) is 4.98 Å². The molecule has 6 aromatic rings. The maximum atomic E-state index is 14.5. The molecule has 7 rings (SSSR count). The van der Waals surface area contributed by atoms with Crippen LogP contribution in [0.25, 0.3) is 0 Å². The number of thioether (sulfide) groups is 2. The Morgan fingerprint density at radius 2 is 0.896 bits per heavy atom.